The van der Waals surface area contributed by atoms with Crippen molar-refractivity contribution in [3.8, 4) is 0 Å². The number of halogens is 1. The zero-order chi connectivity index (χ0) is 22.9. The molecule has 3 aromatic carbocycles. The van der Waals surface area contributed by atoms with Crippen molar-refractivity contribution >= 4 is 55.3 Å². The minimum Gasteiger partial charge on any atom is -0.423 e. The van der Waals surface area contributed by atoms with Crippen LogP contribution in [0, 0.1) is 10.1 Å². The number of rotatable bonds is 6. The molecule has 0 atom stereocenters. The molecule has 0 saturated carbocycles. The number of nitro groups is 1. The molecule has 9 nitrogen and oxygen atoms in total. The van der Waals surface area contributed by atoms with Crippen LogP contribution in [0.15, 0.2) is 86.9 Å². The van der Waals surface area contributed by atoms with Crippen LogP contribution in [0.3, 0.4) is 0 Å². The van der Waals surface area contributed by atoms with Crippen LogP contribution in [0.1, 0.15) is 0 Å². The first-order chi connectivity index (χ1) is 15.2. The summed E-state index contributed by atoms with van der Waals surface area (Å²) in [5, 5.41) is 14.7. The second kappa shape index (κ2) is 8.33. The molecule has 0 bridgehead atoms. The van der Waals surface area contributed by atoms with Crippen LogP contribution in [-0.4, -0.2) is 13.3 Å². The summed E-state index contributed by atoms with van der Waals surface area (Å²) in [4.78, 5) is 22.4. The number of nitrogens with zero attached hydrogens (tertiary/aromatic N) is 1. The Morgan fingerprint density at radius 3 is 2.34 bits per heavy atom. The normalized spacial score (nSPS) is 11.3. The quantitative estimate of drug-likeness (QED) is 0.232. The summed E-state index contributed by atoms with van der Waals surface area (Å²) in [7, 11) is -3.83. The zero-order valence-corrected chi connectivity index (χ0v) is 17.7. The second-order valence-electron chi connectivity index (χ2n) is 6.68. The Morgan fingerprint density at radius 1 is 0.938 bits per heavy atom. The van der Waals surface area contributed by atoms with E-state index in [1.807, 2.05) is 0 Å². The fourth-order valence-corrected chi connectivity index (χ4v) is 4.35. The lowest BCUT2D eigenvalue weighted by Gasteiger charge is -2.11. The van der Waals surface area contributed by atoms with Crippen LogP contribution in [0.5, 0.6) is 0 Å². The van der Waals surface area contributed by atoms with Gasteiger partial charge in [0.15, 0.2) is 0 Å². The molecule has 0 fully saturated rings. The van der Waals surface area contributed by atoms with E-state index in [-0.39, 0.29) is 16.2 Å². The minimum atomic E-state index is -3.83. The maximum absolute atomic E-state index is 12.5. The van der Waals surface area contributed by atoms with Crippen LogP contribution < -0.4 is 15.7 Å². The van der Waals surface area contributed by atoms with Gasteiger partial charge in [-0.25, -0.2) is 13.2 Å². The van der Waals surface area contributed by atoms with E-state index < -0.39 is 20.6 Å². The number of sulfonamides is 1. The number of non-ortho nitro benzene ring substituents is 1. The third-order valence-corrected chi connectivity index (χ3v) is 6.07. The van der Waals surface area contributed by atoms with Gasteiger partial charge in [-0.3, -0.25) is 14.8 Å². The predicted molar refractivity (Wildman–Crippen MR) is 121 cm³/mol. The smallest absolute Gasteiger partial charge is 0.338 e. The van der Waals surface area contributed by atoms with Gasteiger partial charge in [0.1, 0.15) is 5.58 Å². The second-order valence-corrected chi connectivity index (χ2v) is 8.80. The molecule has 32 heavy (non-hydrogen) atoms. The van der Waals surface area contributed by atoms with Gasteiger partial charge in [-0.05, 0) is 48.5 Å². The number of benzene rings is 3. The predicted octanol–water partition coefficient (Wildman–Crippen LogP) is 4.90. The average Bonchev–Trinajstić information content (AvgIpc) is 2.74. The van der Waals surface area contributed by atoms with Gasteiger partial charge in [-0.2, -0.15) is 0 Å². The first-order valence-corrected chi connectivity index (χ1v) is 11.0. The molecule has 0 aliphatic heterocycles. The molecule has 0 saturated heterocycles. The highest BCUT2D eigenvalue weighted by Gasteiger charge is 2.15. The van der Waals surface area contributed by atoms with Crippen LogP contribution >= 0.6 is 11.6 Å². The molecule has 162 valence electrons. The molecule has 0 spiro atoms. The lowest BCUT2D eigenvalue weighted by molar-refractivity contribution is -0.384. The molecule has 1 heterocycles. The summed E-state index contributed by atoms with van der Waals surface area (Å²) in [6, 6.07) is 17.2. The Morgan fingerprint density at radius 2 is 1.66 bits per heavy atom. The Bertz CT molecular complexity index is 1500. The van der Waals surface area contributed by atoms with Crippen LogP contribution in [0.4, 0.5) is 22.7 Å². The minimum absolute atomic E-state index is 0.0243. The molecule has 1 aromatic heterocycles. The largest absolute Gasteiger partial charge is 0.423 e. The van der Waals surface area contributed by atoms with Crippen molar-refractivity contribution in [2.45, 2.75) is 4.90 Å². The SMILES string of the molecule is O=c1cc(Nc2ccc(NS(=O)(=O)c3cccc(Cl)c3)cc2)c2cc([N+](=O)[O-])ccc2o1. The summed E-state index contributed by atoms with van der Waals surface area (Å²) < 4.78 is 32.6. The van der Waals surface area contributed by atoms with E-state index in [2.05, 4.69) is 10.0 Å². The first-order valence-electron chi connectivity index (χ1n) is 9.09. The number of fused-ring (bicyclic) bond motifs is 1. The fraction of sp³-hybridized carbons (Fsp3) is 0. The number of nitrogens with one attached hydrogen (secondary N) is 2. The Labute approximate surface area is 186 Å². The first kappa shape index (κ1) is 21.3. The van der Waals surface area contributed by atoms with E-state index in [4.69, 9.17) is 16.0 Å². The van der Waals surface area contributed by atoms with Crippen LogP contribution in [0.25, 0.3) is 11.0 Å². The summed E-state index contributed by atoms with van der Waals surface area (Å²) in [6.07, 6.45) is 0. The maximum atomic E-state index is 12.5. The van der Waals surface area contributed by atoms with Crippen LogP contribution in [-0.2, 0) is 10.0 Å². The van der Waals surface area contributed by atoms with E-state index in [1.54, 1.807) is 18.2 Å². The Hall–Kier alpha value is -3.89. The van der Waals surface area contributed by atoms with E-state index in [1.165, 1.54) is 54.6 Å². The average molecular weight is 472 g/mol. The molecule has 0 unspecified atom stereocenters. The number of hydrogen-bond donors (Lipinski definition) is 2. The molecule has 11 heteroatoms. The van der Waals surface area contributed by atoms with E-state index >= 15 is 0 Å². The van der Waals surface area contributed by atoms with E-state index in [9.17, 15) is 23.3 Å². The van der Waals surface area contributed by atoms with Crippen molar-refractivity contribution in [3.63, 3.8) is 0 Å². The van der Waals surface area contributed by atoms with Gasteiger partial charge in [0.05, 0.1) is 15.5 Å². The van der Waals surface area contributed by atoms with Crippen LogP contribution in [0.2, 0.25) is 5.02 Å². The van der Waals surface area contributed by atoms with Crippen molar-refractivity contribution < 1.29 is 17.8 Å². The van der Waals surface area contributed by atoms with Crippen molar-refractivity contribution in [2.75, 3.05) is 10.0 Å². The summed E-state index contributed by atoms with van der Waals surface area (Å²) >= 11 is 5.86. The standard InChI is InChI=1S/C21H14ClN3O6S/c22-13-2-1-3-17(10-13)32(29,30)24-15-6-4-14(5-7-15)23-19-12-21(26)31-20-9-8-16(25(27)28)11-18(19)20/h1-12,23-24H. The fourth-order valence-electron chi connectivity index (χ4n) is 2.99. The van der Waals surface area contributed by atoms with Gasteiger partial charge in [-0.15, -0.1) is 0 Å². The summed E-state index contributed by atoms with van der Waals surface area (Å²) in [5.41, 5.74) is 0.557. The monoisotopic (exact) mass is 471 g/mol. The molecule has 4 aromatic rings. The Kier molecular flexibility index (Phi) is 5.56. The van der Waals surface area contributed by atoms with E-state index in [0.29, 0.717) is 27.5 Å². The number of nitro benzene ring substituents is 1. The highest BCUT2D eigenvalue weighted by atomic mass is 35.5. The van der Waals surface area contributed by atoms with Gasteiger partial charge >= 0.3 is 5.63 Å². The molecule has 0 radical (unpaired) electrons. The third kappa shape index (κ3) is 4.56. The molecule has 0 aliphatic rings. The van der Waals surface area contributed by atoms with E-state index in [0.717, 1.165) is 0 Å². The Balaban J connectivity index is 1.60. The van der Waals surface area contributed by atoms with Gasteiger partial charge in [-0.1, -0.05) is 17.7 Å². The van der Waals surface area contributed by atoms with Crippen molar-refractivity contribution in [3.05, 3.63) is 98.4 Å². The zero-order valence-electron chi connectivity index (χ0n) is 16.1. The number of anilines is 3. The molecular weight excluding hydrogens is 458 g/mol. The summed E-state index contributed by atoms with van der Waals surface area (Å²) in [6.45, 7) is 0. The van der Waals surface area contributed by atoms with Gasteiger partial charge in [0.25, 0.3) is 15.7 Å². The molecule has 0 aliphatic carbocycles. The molecular formula is C21H14ClN3O6S. The lowest BCUT2D eigenvalue weighted by atomic mass is 10.1. The number of hydrogen-bond acceptors (Lipinski definition) is 7. The van der Waals surface area contributed by atoms with Gasteiger partial charge in [0.2, 0.25) is 0 Å². The highest BCUT2D eigenvalue weighted by Crippen LogP contribution is 2.29. The maximum Gasteiger partial charge on any atom is 0.338 e. The highest BCUT2D eigenvalue weighted by molar-refractivity contribution is 7.92. The van der Waals surface area contributed by atoms with Crippen molar-refractivity contribution in [1.82, 2.24) is 0 Å². The lowest BCUT2D eigenvalue weighted by Crippen LogP contribution is -2.12. The van der Waals surface area contributed by atoms with Crippen molar-refractivity contribution in [1.29, 1.82) is 0 Å². The molecule has 0 amide bonds. The molecule has 2 N–H and O–H groups in total. The van der Waals surface area contributed by atoms with Gasteiger partial charge < -0.3 is 9.73 Å². The third-order valence-electron chi connectivity index (χ3n) is 4.46. The summed E-state index contributed by atoms with van der Waals surface area (Å²) in [5.74, 6) is 0. The van der Waals surface area contributed by atoms with Crippen molar-refractivity contribution in [2.24, 2.45) is 0 Å². The van der Waals surface area contributed by atoms with Gasteiger partial charge in [0, 0.05) is 40.0 Å². The molecule has 4 rings (SSSR count). The topological polar surface area (TPSA) is 132 Å².